The van der Waals surface area contributed by atoms with Gasteiger partial charge in [-0.25, -0.2) is 13.4 Å². The van der Waals surface area contributed by atoms with Crippen LogP contribution in [0.25, 0.3) is 22.2 Å². The fraction of sp³-hybridized carbons (Fsp3) is 0.227. The number of aromatic nitrogens is 3. The molecule has 0 atom stereocenters. The van der Waals surface area contributed by atoms with E-state index < -0.39 is 21.5 Å². The molecule has 0 unspecified atom stereocenters. The van der Waals surface area contributed by atoms with Gasteiger partial charge in [0.15, 0.2) is 5.13 Å². The van der Waals surface area contributed by atoms with E-state index in [1.165, 1.54) is 27.9 Å². The summed E-state index contributed by atoms with van der Waals surface area (Å²) in [5.41, 5.74) is 2.16. The van der Waals surface area contributed by atoms with Crippen LogP contribution in [0.1, 0.15) is 13.8 Å². The maximum atomic E-state index is 12.7. The van der Waals surface area contributed by atoms with Gasteiger partial charge in [-0.1, -0.05) is 32.0 Å². The normalized spacial score (nSPS) is 11.8. The standard InChI is InChI=1S/C22H23N5O4S2/c1-3-27(4-2)33(30,31)15-9-10-21(29)26(12-15)13-20(28)25-22-24-19(14-32-22)17-11-23-18-8-6-5-7-16(17)18/h5-12,14,23H,3-4,13H2,1-2H3,(H,24,25,28). The van der Waals surface area contributed by atoms with Crippen LogP contribution in [0.15, 0.2) is 63.9 Å². The molecule has 9 nitrogen and oxygen atoms in total. The van der Waals surface area contributed by atoms with Gasteiger partial charge in [-0.05, 0) is 12.1 Å². The molecule has 33 heavy (non-hydrogen) atoms. The number of aromatic amines is 1. The number of rotatable bonds is 8. The van der Waals surface area contributed by atoms with Crippen molar-refractivity contribution in [3.63, 3.8) is 0 Å². The minimum absolute atomic E-state index is 0.0329. The Hall–Kier alpha value is -3.28. The lowest BCUT2D eigenvalue weighted by Crippen LogP contribution is -2.33. The Labute approximate surface area is 194 Å². The van der Waals surface area contributed by atoms with E-state index >= 15 is 0 Å². The molecule has 1 amide bonds. The number of anilines is 1. The summed E-state index contributed by atoms with van der Waals surface area (Å²) in [4.78, 5) is 32.5. The lowest BCUT2D eigenvalue weighted by atomic mass is 10.1. The number of para-hydroxylation sites is 1. The average Bonchev–Trinajstić information content (AvgIpc) is 3.42. The van der Waals surface area contributed by atoms with Gasteiger partial charge in [0.2, 0.25) is 15.9 Å². The first-order valence-electron chi connectivity index (χ1n) is 10.4. The van der Waals surface area contributed by atoms with E-state index in [2.05, 4.69) is 15.3 Å². The highest BCUT2D eigenvalue weighted by molar-refractivity contribution is 7.89. The number of hydrogen-bond acceptors (Lipinski definition) is 6. The third-order valence-electron chi connectivity index (χ3n) is 5.23. The number of nitrogens with zero attached hydrogens (tertiary/aromatic N) is 3. The highest BCUT2D eigenvalue weighted by Crippen LogP contribution is 2.30. The molecule has 11 heteroatoms. The summed E-state index contributed by atoms with van der Waals surface area (Å²) in [5, 5.41) is 5.95. The molecular formula is C22H23N5O4S2. The van der Waals surface area contributed by atoms with Gasteiger partial charge < -0.3 is 14.9 Å². The van der Waals surface area contributed by atoms with Crippen LogP contribution >= 0.6 is 11.3 Å². The van der Waals surface area contributed by atoms with Crippen LogP contribution in [0.3, 0.4) is 0 Å². The van der Waals surface area contributed by atoms with Crippen molar-refractivity contribution in [2.24, 2.45) is 0 Å². The lowest BCUT2D eigenvalue weighted by Gasteiger charge is -2.18. The molecule has 2 N–H and O–H groups in total. The molecule has 0 bridgehead atoms. The smallest absolute Gasteiger partial charge is 0.251 e. The zero-order chi connectivity index (χ0) is 23.6. The molecule has 0 aliphatic heterocycles. The number of pyridine rings is 1. The fourth-order valence-electron chi connectivity index (χ4n) is 3.55. The first-order valence-corrected chi connectivity index (χ1v) is 12.7. The maximum Gasteiger partial charge on any atom is 0.251 e. The van der Waals surface area contributed by atoms with E-state index in [1.807, 2.05) is 35.8 Å². The lowest BCUT2D eigenvalue weighted by molar-refractivity contribution is -0.116. The molecule has 3 heterocycles. The number of carbonyl (C=O) groups is 1. The SMILES string of the molecule is CCN(CC)S(=O)(=O)c1ccc(=O)n(CC(=O)Nc2nc(-c3c[nH]c4ccccc34)cs2)c1. The monoisotopic (exact) mass is 485 g/mol. The van der Waals surface area contributed by atoms with E-state index in [4.69, 9.17) is 0 Å². The summed E-state index contributed by atoms with van der Waals surface area (Å²) in [6.07, 6.45) is 3.07. The quantitative estimate of drug-likeness (QED) is 0.398. The Balaban J connectivity index is 1.51. The van der Waals surface area contributed by atoms with Gasteiger partial charge in [-0.15, -0.1) is 11.3 Å². The number of hydrogen-bond donors (Lipinski definition) is 2. The molecule has 0 aliphatic carbocycles. The summed E-state index contributed by atoms with van der Waals surface area (Å²) in [6.45, 7) is 3.76. The topological polar surface area (TPSA) is 117 Å². The minimum Gasteiger partial charge on any atom is -0.360 e. The predicted molar refractivity (Wildman–Crippen MR) is 129 cm³/mol. The third-order valence-corrected chi connectivity index (χ3v) is 8.02. The van der Waals surface area contributed by atoms with E-state index in [-0.39, 0.29) is 11.4 Å². The van der Waals surface area contributed by atoms with E-state index in [0.29, 0.717) is 18.2 Å². The summed E-state index contributed by atoms with van der Waals surface area (Å²) in [7, 11) is -3.75. The maximum absolute atomic E-state index is 12.7. The minimum atomic E-state index is -3.75. The molecule has 172 valence electrons. The van der Waals surface area contributed by atoms with Crippen LogP contribution < -0.4 is 10.9 Å². The van der Waals surface area contributed by atoms with Crippen LogP contribution in [0, 0.1) is 0 Å². The zero-order valence-corrected chi connectivity index (χ0v) is 19.7. The Morgan fingerprint density at radius 1 is 1.18 bits per heavy atom. The van der Waals surface area contributed by atoms with Crippen LogP contribution in [0.5, 0.6) is 0 Å². The van der Waals surface area contributed by atoms with E-state index in [1.54, 1.807) is 13.8 Å². The van der Waals surface area contributed by atoms with Crippen molar-refractivity contribution in [1.29, 1.82) is 0 Å². The predicted octanol–water partition coefficient (Wildman–Crippen LogP) is 3.12. The van der Waals surface area contributed by atoms with Crippen molar-refractivity contribution in [2.45, 2.75) is 25.3 Å². The largest absolute Gasteiger partial charge is 0.360 e. The Morgan fingerprint density at radius 2 is 1.94 bits per heavy atom. The number of benzene rings is 1. The molecule has 4 aromatic rings. The second-order valence-electron chi connectivity index (χ2n) is 7.25. The van der Waals surface area contributed by atoms with Gasteiger partial charge in [-0.2, -0.15) is 4.31 Å². The molecular weight excluding hydrogens is 462 g/mol. The van der Waals surface area contributed by atoms with Crippen molar-refractivity contribution in [3.8, 4) is 11.3 Å². The number of nitrogens with one attached hydrogen (secondary N) is 2. The van der Waals surface area contributed by atoms with Gasteiger partial charge >= 0.3 is 0 Å². The van der Waals surface area contributed by atoms with Gasteiger partial charge in [0.25, 0.3) is 5.56 Å². The molecule has 0 radical (unpaired) electrons. The van der Waals surface area contributed by atoms with Crippen molar-refractivity contribution in [2.75, 3.05) is 18.4 Å². The van der Waals surface area contributed by atoms with Gasteiger partial charge in [0.1, 0.15) is 6.54 Å². The Morgan fingerprint density at radius 3 is 2.70 bits per heavy atom. The van der Waals surface area contributed by atoms with Gasteiger partial charge in [0.05, 0.1) is 10.6 Å². The number of amides is 1. The molecule has 0 saturated heterocycles. The van der Waals surface area contributed by atoms with Crippen molar-refractivity contribution >= 4 is 43.3 Å². The van der Waals surface area contributed by atoms with Crippen molar-refractivity contribution in [3.05, 3.63) is 64.5 Å². The van der Waals surface area contributed by atoms with E-state index in [0.717, 1.165) is 32.8 Å². The number of sulfonamides is 1. The summed E-state index contributed by atoms with van der Waals surface area (Å²) in [5.74, 6) is -0.477. The average molecular weight is 486 g/mol. The number of thiazole rings is 1. The Kier molecular flexibility index (Phi) is 6.45. The summed E-state index contributed by atoms with van der Waals surface area (Å²) >= 11 is 1.27. The highest BCUT2D eigenvalue weighted by Gasteiger charge is 2.22. The highest BCUT2D eigenvalue weighted by atomic mass is 32.2. The first-order chi connectivity index (χ1) is 15.8. The van der Waals surface area contributed by atoms with Crippen molar-refractivity contribution in [1.82, 2.24) is 18.8 Å². The Bertz CT molecular complexity index is 1470. The van der Waals surface area contributed by atoms with E-state index in [9.17, 15) is 18.0 Å². The van der Waals surface area contributed by atoms with Gasteiger partial charge in [0, 0.05) is 53.4 Å². The summed E-state index contributed by atoms with van der Waals surface area (Å²) in [6, 6.07) is 10.3. The second kappa shape index (κ2) is 9.30. The number of H-pyrrole nitrogens is 1. The second-order valence-corrected chi connectivity index (χ2v) is 10.1. The molecule has 3 aromatic heterocycles. The summed E-state index contributed by atoms with van der Waals surface area (Å²) < 4.78 is 27.9. The van der Waals surface area contributed by atoms with Crippen molar-refractivity contribution < 1.29 is 13.2 Å². The fourth-order valence-corrected chi connectivity index (χ4v) is 5.76. The van der Waals surface area contributed by atoms with Crippen LogP contribution in [-0.4, -0.2) is 46.3 Å². The molecule has 0 saturated carbocycles. The van der Waals surface area contributed by atoms with Crippen LogP contribution in [0.2, 0.25) is 0 Å². The number of fused-ring (bicyclic) bond motifs is 1. The molecule has 1 aromatic carbocycles. The first kappa shape index (κ1) is 22.9. The zero-order valence-electron chi connectivity index (χ0n) is 18.1. The molecule has 0 aliphatic rings. The number of carbonyl (C=O) groups excluding carboxylic acids is 1. The third kappa shape index (κ3) is 4.61. The molecule has 0 fully saturated rings. The molecule has 4 rings (SSSR count). The van der Waals surface area contributed by atoms with Gasteiger partial charge in [-0.3, -0.25) is 9.59 Å². The van der Waals surface area contributed by atoms with Crippen LogP contribution in [0.4, 0.5) is 5.13 Å². The molecule has 0 spiro atoms. The van der Waals surface area contributed by atoms with Crippen LogP contribution in [-0.2, 0) is 21.4 Å².